The molecule has 4 aromatic rings. The molecule has 0 unspecified atom stereocenters. The normalized spacial score (nSPS) is 12.8. The summed E-state index contributed by atoms with van der Waals surface area (Å²) in [7, 11) is -4.28. The molecule has 2 aromatic carbocycles. The highest BCUT2D eigenvalue weighted by atomic mass is 32.2. The number of rotatable bonds is 11. The van der Waals surface area contributed by atoms with Crippen LogP contribution in [0.15, 0.2) is 95.2 Å². The number of carbonyl (C=O) groups is 1. The van der Waals surface area contributed by atoms with E-state index in [4.69, 9.17) is 9.47 Å². The molecule has 0 radical (unpaired) electrons. The Balaban J connectivity index is 0.000000315. The molecule has 4 rings (SSSR count). The first kappa shape index (κ1) is 39.5. The van der Waals surface area contributed by atoms with Gasteiger partial charge in [0.15, 0.2) is 25.7 Å². The number of hydrogen-bond donors (Lipinski definition) is 0. The van der Waals surface area contributed by atoms with E-state index >= 15 is 0 Å². The van der Waals surface area contributed by atoms with E-state index in [9.17, 15) is 57.3 Å². The molecule has 0 aliphatic heterocycles. The average molecular weight is 785 g/mol. The van der Waals surface area contributed by atoms with Gasteiger partial charge in [-0.25, -0.2) is 8.42 Å². The van der Waals surface area contributed by atoms with Crippen LogP contribution in [0.2, 0.25) is 0 Å². The lowest BCUT2D eigenvalue weighted by Crippen LogP contribution is -2.63. The summed E-state index contributed by atoms with van der Waals surface area (Å²) in [5.41, 5.74) is 0. The number of carbonyl (C=O) groups excluding carboxylic acids is 1. The van der Waals surface area contributed by atoms with Crippen molar-refractivity contribution >= 4 is 61.2 Å². The minimum absolute atomic E-state index is 0.115. The highest BCUT2D eigenvalue weighted by Crippen LogP contribution is 2.54. The number of benzene rings is 2. The zero-order valence-corrected chi connectivity index (χ0v) is 28.4. The maximum atomic E-state index is 12.2. The Hall–Kier alpha value is -2.91. The van der Waals surface area contributed by atoms with Gasteiger partial charge in [-0.1, -0.05) is 23.1 Å². The van der Waals surface area contributed by atoms with Crippen molar-refractivity contribution < 1.29 is 66.8 Å². The zero-order chi connectivity index (χ0) is 36.3. The number of hydrogen-bond acceptors (Lipinski definition) is 9. The van der Waals surface area contributed by atoms with E-state index < -0.39 is 33.4 Å². The van der Waals surface area contributed by atoms with E-state index in [1.165, 1.54) is 18.2 Å². The zero-order valence-electron chi connectivity index (χ0n) is 24.3. The molecule has 0 spiro atoms. The second-order valence-electron chi connectivity index (χ2n) is 9.13. The van der Waals surface area contributed by atoms with Crippen molar-refractivity contribution in [2.24, 2.45) is 0 Å². The highest BCUT2D eigenvalue weighted by molar-refractivity contribution is 8.04. The van der Waals surface area contributed by atoms with Crippen molar-refractivity contribution in [2.45, 2.75) is 52.6 Å². The number of Topliss-reactive ketones (excluding diaryl/α,β-unsaturated/α-hetero) is 1. The van der Waals surface area contributed by atoms with Gasteiger partial charge in [-0.2, -0.15) is 39.5 Å². The Morgan fingerprint density at radius 2 is 1.15 bits per heavy atom. The van der Waals surface area contributed by atoms with Crippen LogP contribution in [0, 0.1) is 0 Å². The molecule has 0 amide bonds. The van der Waals surface area contributed by atoms with Gasteiger partial charge in [-0.3, -0.25) is 4.79 Å². The molecule has 0 aliphatic carbocycles. The number of ketones is 1. The smallest absolute Gasteiger partial charge is 0.460 e. The van der Waals surface area contributed by atoms with E-state index in [0.29, 0.717) is 0 Å². The SMILES string of the molecule is COc1ccc([S+](c2ccc(OC)cc2)c2ccc(Sc3ccc(C(C)=O)s3)s2)cc1.O=S(=O)([O-])C(F)(F)C(F)(F)C(F)(F)C(F)(F)F. The molecule has 0 saturated heterocycles. The molecular formula is C28H21F9O6S5. The lowest BCUT2D eigenvalue weighted by molar-refractivity contribution is -0.382. The largest absolute Gasteiger partial charge is 0.743 e. The first-order valence-electron chi connectivity index (χ1n) is 12.6. The minimum atomic E-state index is -7.43. The second-order valence-corrected chi connectivity index (χ2v) is 16.6. The van der Waals surface area contributed by atoms with Gasteiger partial charge in [-0.15, -0.1) is 11.3 Å². The van der Waals surface area contributed by atoms with Gasteiger partial charge >= 0.3 is 23.3 Å². The Labute approximate surface area is 283 Å². The van der Waals surface area contributed by atoms with Gasteiger partial charge in [0, 0.05) is 6.07 Å². The summed E-state index contributed by atoms with van der Waals surface area (Å²) in [6.45, 7) is 1.61. The van der Waals surface area contributed by atoms with Gasteiger partial charge in [0.25, 0.3) is 0 Å². The van der Waals surface area contributed by atoms with Crippen LogP contribution in [0.25, 0.3) is 0 Å². The fourth-order valence-corrected chi connectivity index (χ4v) is 10.1. The number of halogens is 9. The number of alkyl halides is 9. The monoisotopic (exact) mass is 784 g/mol. The molecule has 0 aliphatic rings. The maximum absolute atomic E-state index is 12.2. The van der Waals surface area contributed by atoms with Crippen LogP contribution in [-0.2, 0) is 21.0 Å². The molecule has 0 N–H and O–H groups in total. The summed E-state index contributed by atoms with van der Waals surface area (Å²) < 4.78 is 150. The van der Waals surface area contributed by atoms with Gasteiger partial charge in [0.2, 0.25) is 4.21 Å². The first-order chi connectivity index (χ1) is 22.1. The summed E-state index contributed by atoms with van der Waals surface area (Å²) in [4.78, 5) is 14.9. The van der Waals surface area contributed by atoms with Gasteiger partial charge in [-0.05, 0) is 73.7 Å². The Bertz CT molecular complexity index is 1760. The Morgan fingerprint density at radius 3 is 1.52 bits per heavy atom. The molecule has 2 aromatic heterocycles. The van der Waals surface area contributed by atoms with Crippen molar-refractivity contribution in [3.63, 3.8) is 0 Å². The lowest BCUT2D eigenvalue weighted by Gasteiger charge is -2.34. The maximum Gasteiger partial charge on any atom is 0.460 e. The van der Waals surface area contributed by atoms with Crippen molar-refractivity contribution in [2.75, 3.05) is 14.2 Å². The molecule has 6 nitrogen and oxygen atoms in total. The van der Waals surface area contributed by atoms with E-state index in [1.807, 2.05) is 36.4 Å². The van der Waals surface area contributed by atoms with Crippen molar-refractivity contribution in [3.05, 3.63) is 77.7 Å². The van der Waals surface area contributed by atoms with Crippen LogP contribution in [0.4, 0.5) is 39.5 Å². The second kappa shape index (κ2) is 14.9. The Kier molecular flexibility index (Phi) is 12.3. The summed E-state index contributed by atoms with van der Waals surface area (Å²) in [6.07, 6.45) is -7.16. The average Bonchev–Trinajstić information content (AvgIpc) is 3.67. The van der Waals surface area contributed by atoms with E-state index in [-0.39, 0.29) is 16.7 Å². The van der Waals surface area contributed by atoms with E-state index in [1.54, 1.807) is 55.6 Å². The van der Waals surface area contributed by atoms with Crippen LogP contribution in [0.3, 0.4) is 0 Å². The molecule has 2 heterocycles. The third-order valence-corrected chi connectivity index (χ3v) is 12.9. The van der Waals surface area contributed by atoms with Crippen molar-refractivity contribution in [3.8, 4) is 11.5 Å². The third kappa shape index (κ3) is 8.44. The lowest BCUT2D eigenvalue weighted by atomic mass is 10.1. The van der Waals surface area contributed by atoms with Crippen molar-refractivity contribution in [1.29, 1.82) is 0 Å². The summed E-state index contributed by atoms with van der Waals surface area (Å²) >= 11 is 5.06. The topological polar surface area (TPSA) is 92.7 Å². The molecule has 262 valence electrons. The molecular weight excluding hydrogens is 764 g/mol. The standard InChI is InChI=1S/C24H21O3S4.C4HF9O3S/c1-16(25)21-12-13-22(28-21)29-23-14-15-24(30-23)31(19-8-4-17(26-2)5-9-19)20-10-6-18(27-3)7-11-20;5-1(6,3(9,10)11)2(7,8)4(12,13)17(14,15)16/h4-15H,1-3H3;(H,14,15,16)/q+1;/p-1. The number of thiophene rings is 2. The van der Waals surface area contributed by atoms with Gasteiger partial charge < -0.3 is 14.0 Å². The quantitative estimate of drug-likeness (QED) is 0.0648. The number of ether oxygens (including phenoxy) is 2. The van der Waals surface area contributed by atoms with E-state index in [2.05, 4.69) is 36.4 Å². The van der Waals surface area contributed by atoms with Crippen LogP contribution < -0.4 is 9.47 Å². The summed E-state index contributed by atoms with van der Waals surface area (Å²) in [6, 6.07) is 24.9. The third-order valence-electron chi connectivity index (χ3n) is 5.91. The van der Waals surface area contributed by atoms with Crippen LogP contribution >= 0.6 is 34.4 Å². The van der Waals surface area contributed by atoms with Crippen LogP contribution in [0.1, 0.15) is 16.6 Å². The highest BCUT2D eigenvalue weighted by Gasteiger charge is 2.83. The minimum Gasteiger partial charge on any atom is -0.743 e. The van der Waals surface area contributed by atoms with Gasteiger partial charge in [0.05, 0.1) is 27.5 Å². The first-order valence-corrected chi connectivity index (χ1v) is 17.7. The molecule has 0 saturated carbocycles. The fraction of sp³-hybridized carbons (Fsp3) is 0.250. The van der Waals surface area contributed by atoms with Crippen LogP contribution in [0.5, 0.6) is 11.5 Å². The summed E-state index contributed by atoms with van der Waals surface area (Å²) in [5, 5.41) is -7.11. The van der Waals surface area contributed by atoms with E-state index in [0.717, 1.165) is 20.6 Å². The van der Waals surface area contributed by atoms with Crippen LogP contribution in [-0.4, -0.2) is 56.2 Å². The predicted molar refractivity (Wildman–Crippen MR) is 162 cm³/mol. The molecule has 0 atom stereocenters. The predicted octanol–water partition coefficient (Wildman–Crippen LogP) is 9.23. The van der Waals surface area contributed by atoms with Crippen molar-refractivity contribution in [1.82, 2.24) is 0 Å². The summed E-state index contributed by atoms with van der Waals surface area (Å²) in [5.74, 6) is -13.0. The Morgan fingerprint density at radius 1 is 0.708 bits per heavy atom. The van der Waals surface area contributed by atoms with Gasteiger partial charge in [0.1, 0.15) is 22.4 Å². The molecule has 0 bridgehead atoms. The molecule has 48 heavy (non-hydrogen) atoms. The molecule has 0 fully saturated rings. The molecule has 20 heteroatoms. The fourth-order valence-electron chi connectivity index (χ4n) is 3.44. The number of methoxy groups -OCH3 is 2.